The maximum absolute atomic E-state index is 13.6. The summed E-state index contributed by atoms with van der Waals surface area (Å²) in [6.45, 7) is 3.43. The lowest BCUT2D eigenvalue weighted by Gasteiger charge is -2.24. The average molecular weight is 597 g/mol. The molecule has 4 aromatic carbocycles. The van der Waals surface area contributed by atoms with Gasteiger partial charge in [0.05, 0.1) is 20.8 Å². The van der Waals surface area contributed by atoms with Gasteiger partial charge in [-0.1, -0.05) is 47.0 Å². The van der Waals surface area contributed by atoms with E-state index in [4.69, 9.17) is 28.2 Å². The summed E-state index contributed by atoms with van der Waals surface area (Å²) in [7, 11) is -4.10. The van der Waals surface area contributed by atoms with Gasteiger partial charge in [-0.2, -0.15) is 0 Å². The van der Waals surface area contributed by atoms with Gasteiger partial charge in [-0.15, -0.1) is 11.3 Å². The van der Waals surface area contributed by atoms with E-state index in [0.29, 0.717) is 5.69 Å². The second kappa shape index (κ2) is 11.0. The third-order valence-corrected chi connectivity index (χ3v) is 9.28. The maximum atomic E-state index is 13.6. The zero-order chi connectivity index (χ0) is 27.7. The van der Waals surface area contributed by atoms with Crippen molar-refractivity contribution in [2.75, 3.05) is 16.2 Å². The molecule has 0 bridgehead atoms. The standard InChI is InChI=1S/C29H23Cl2N3O3S2/c1-18-3-10-25(11-4-18)39(36,37)34(24-15-21(30)14-22(31)16-24)17-28(35)32-23-8-6-20(7-9-23)29-33-26-12-5-19(2)13-27(26)38-29/h3-16H,17H2,1-2H3,(H,32,35). The molecule has 5 rings (SSSR count). The molecule has 0 saturated carbocycles. The first kappa shape index (κ1) is 27.1. The monoisotopic (exact) mass is 595 g/mol. The minimum atomic E-state index is -4.10. The fourth-order valence-corrected chi connectivity index (χ4v) is 7.01. The number of thiazole rings is 1. The number of hydrogen-bond acceptors (Lipinski definition) is 5. The number of rotatable bonds is 7. The fourth-order valence-electron chi connectivity index (χ4n) is 4.02. The lowest BCUT2D eigenvalue weighted by Crippen LogP contribution is -2.38. The number of aromatic nitrogens is 1. The van der Waals surface area contributed by atoms with Crippen LogP contribution in [0.15, 0.2) is 89.8 Å². The molecule has 0 spiro atoms. The molecule has 0 aliphatic rings. The fraction of sp³-hybridized carbons (Fsp3) is 0.103. The Morgan fingerprint density at radius 3 is 2.18 bits per heavy atom. The minimum Gasteiger partial charge on any atom is -0.325 e. The Balaban J connectivity index is 1.39. The molecule has 0 aliphatic heterocycles. The molecular formula is C29H23Cl2N3O3S2. The van der Waals surface area contributed by atoms with Gasteiger partial charge in [-0.3, -0.25) is 9.10 Å². The first-order valence-electron chi connectivity index (χ1n) is 11.9. The quantitative estimate of drug-likeness (QED) is 0.209. The lowest BCUT2D eigenvalue weighted by molar-refractivity contribution is -0.114. The molecule has 198 valence electrons. The largest absolute Gasteiger partial charge is 0.325 e. The van der Waals surface area contributed by atoms with Crippen LogP contribution in [0.25, 0.3) is 20.8 Å². The SMILES string of the molecule is Cc1ccc(S(=O)(=O)N(CC(=O)Nc2ccc(-c3nc4ccc(C)cc4s3)cc2)c2cc(Cl)cc(Cl)c2)cc1. The molecule has 1 N–H and O–H groups in total. The third kappa shape index (κ3) is 6.09. The number of nitrogens with one attached hydrogen (secondary N) is 1. The summed E-state index contributed by atoms with van der Waals surface area (Å²) in [6.07, 6.45) is 0. The van der Waals surface area contributed by atoms with E-state index in [1.807, 2.05) is 38.1 Å². The summed E-state index contributed by atoms with van der Waals surface area (Å²) in [4.78, 5) is 17.9. The normalized spacial score (nSPS) is 11.5. The van der Waals surface area contributed by atoms with Gasteiger partial charge < -0.3 is 5.32 Å². The van der Waals surface area contributed by atoms with Crippen molar-refractivity contribution in [3.8, 4) is 10.6 Å². The zero-order valence-electron chi connectivity index (χ0n) is 21.0. The summed E-state index contributed by atoms with van der Waals surface area (Å²) in [6, 6.07) is 24.2. The summed E-state index contributed by atoms with van der Waals surface area (Å²) < 4.78 is 29.3. The highest BCUT2D eigenvalue weighted by Gasteiger charge is 2.28. The number of carbonyl (C=O) groups excluding carboxylic acids is 1. The summed E-state index contributed by atoms with van der Waals surface area (Å²) in [5.74, 6) is -0.523. The molecule has 6 nitrogen and oxygen atoms in total. The molecule has 0 atom stereocenters. The molecule has 0 aliphatic carbocycles. The molecular weight excluding hydrogens is 573 g/mol. The molecule has 1 heterocycles. The third-order valence-electron chi connectivity index (χ3n) is 5.99. The van der Waals surface area contributed by atoms with Crippen molar-refractivity contribution in [2.24, 2.45) is 0 Å². The Labute approximate surface area is 240 Å². The smallest absolute Gasteiger partial charge is 0.264 e. The Hall–Kier alpha value is -3.43. The molecule has 0 saturated heterocycles. The second-order valence-electron chi connectivity index (χ2n) is 9.07. The van der Waals surface area contributed by atoms with E-state index < -0.39 is 22.5 Å². The summed E-state index contributed by atoms with van der Waals surface area (Å²) in [5, 5.41) is 4.17. The number of hydrogen-bond donors (Lipinski definition) is 1. The number of sulfonamides is 1. The Kier molecular flexibility index (Phi) is 7.64. The van der Waals surface area contributed by atoms with Crippen LogP contribution in [0.2, 0.25) is 10.0 Å². The highest BCUT2D eigenvalue weighted by Crippen LogP contribution is 2.32. The van der Waals surface area contributed by atoms with Gasteiger partial charge >= 0.3 is 0 Å². The number of carbonyl (C=O) groups is 1. The van der Waals surface area contributed by atoms with Crippen LogP contribution in [0, 0.1) is 13.8 Å². The number of nitrogens with zero attached hydrogens (tertiary/aromatic N) is 2. The lowest BCUT2D eigenvalue weighted by atomic mass is 10.2. The first-order valence-corrected chi connectivity index (χ1v) is 14.9. The van der Waals surface area contributed by atoms with Crippen LogP contribution in [-0.2, 0) is 14.8 Å². The van der Waals surface area contributed by atoms with Crippen molar-refractivity contribution in [1.29, 1.82) is 0 Å². The van der Waals surface area contributed by atoms with Gasteiger partial charge in [0.1, 0.15) is 11.6 Å². The Morgan fingerprint density at radius 2 is 1.51 bits per heavy atom. The Bertz CT molecular complexity index is 1770. The van der Waals surface area contributed by atoms with Crippen molar-refractivity contribution in [2.45, 2.75) is 18.7 Å². The number of fused-ring (bicyclic) bond motifs is 1. The number of benzene rings is 4. The molecule has 10 heteroatoms. The van der Waals surface area contributed by atoms with E-state index in [-0.39, 0.29) is 20.6 Å². The van der Waals surface area contributed by atoms with E-state index in [9.17, 15) is 13.2 Å². The van der Waals surface area contributed by atoms with E-state index in [1.165, 1.54) is 35.9 Å². The van der Waals surface area contributed by atoms with Crippen LogP contribution in [0.3, 0.4) is 0 Å². The molecule has 0 unspecified atom stereocenters. The highest BCUT2D eigenvalue weighted by molar-refractivity contribution is 7.92. The van der Waals surface area contributed by atoms with Gasteiger partial charge in [0.25, 0.3) is 10.0 Å². The van der Waals surface area contributed by atoms with Gasteiger partial charge in [0.2, 0.25) is 5.91 Å². The van der Waals surface area contributed by atoms with Crippen LogP contribution < -0.4 is 9.62 Å². The summed E-state index contributed by atoms with van der Waals surface area (Å²) >= 11 is 13.9. The molecule has 5 aromatic rings. The molecule has 39 heavy (non-hydrogen) atoms. The van der Waals surface area contributed by atoms with Crippen LogP contribution in [0.1, 0.15) is 11.1 Å². The number of halogens is 2. The van der Waals surface area contributed by atoms with Crippen molar-refractivity contribution in [1.82, 2.24) is 4.98 Å². The summed E-state index contributed by atoms with van der Waals surface area (Å²) in [5.41, 5.74) is 4.66. The van der Waals surface area contributed by atoms with Crippen LogP contribution in [0.4, 0.5) is 11.4 Å². The van der Waals surface area contributed by atoms with Crippen LogP contribution in [0.5, 0.6) is 0 Å². The maximum Gasteiger partial charge on any atom is 0.264 e. The van der Waals surface area contributed by atoms with E-state index >= 15 is 0 Å². The van der Waals surface area contributed by atoms with Crippen LogP contribution in [-0.4, -0.2) is 25.9 Å². The average Bonchev–Trinajstić information content (AvgIpc) is 3.30. The predicted molar refractivity (Wildman–Crippen MR) is 161 cm³/mol. The number of amides is 1. The topological polar surface area (TPSA) is 79.4 Å². The Morgan fingerprint density at radius 1 is 0.872 bits per heavy atom. The van der Waals surface area contributed by atoms with Gasteiger partial charge in [0, 0.05) is 21.3 Å². The first-order chi connectivity index (χ1) is 18.6. The van der Waals surface area contributed by atoms with Crippen molar-refractivity contribution in [3.63, 3.8) is 0 Å². The van der Waals surface area contributed by atoms with Crippen molar-refractivity contribution >= 4 is 72.1 Å². The van der Waals surface area contributed by atoms with Crippen molar-refractivity contribution in [3.05, 3.63) is 106 Å². The van der Waals surface area contributed by atoms with E-state index in [0.717, 1.165) is 30.7 Å². The highest BCUT2D eigenvalue weighted by atomic mass is 35.5. The second-order valence-corrected chi connectivity index (χ2v) is 12.8. The van der Waals surface area contributed by atoms with Gasteiger partial charge in [0.15, 0.2) is 0 Å². The van der Waals surface area contributed by atoms with Crippen LogP contribution >= 0.6 is 34.5 Å². The predicted octanol–water partition coefficient (Wildman–Crippen LogP) is 7.72. The van der Waals surface area contributed by atoms with Gasteiger partial charge in [-0.25, -0.2) is 13.4 Å². The molecule has 1 aromatic heterocycles. The van der Waals surface area contributed by atoms with Crippen molar-refractivity contribution < 1.29 is 13.2 Å². The number of aryl methyl sites for hydroxylation is 2. The number of anilines is 2. The molecule has 1 amide bonds. The zero-order valence-corrected chi connectivity index (χ0v) is 24.1. The molecule has 0 fully saturated rings. The molecule has 0 radical (unpaired) electrons. The minimum absolute atomic E-state index is 0.0485. The van der Waals surface area contributed by atoms with Gasteiger partial charge in [-0.05, 0) is 86.1 Å². The van der Waals surface area contributed by atoms with E-state index in [2.05, 4.69) is 11.4 Å². The van der Waals surface area contributed by atoms with E-state index in [1.54, 1.807) is 35.6 Å².